The van der Waals surface area contributed by atoms with Crippen molar-refractivity contribution in [3.05, 3.63) is 35.8 Å². The second-order valence-corrected chi connectivity index (χ2v) is 9.47. The lowest BCUT2D eigenvalue weighted by Gasteiger charge is -2.24. The molecule has 1 fully saturated rings. The predicted molar refractivity (Wildman–Crippen MR) is 124 cm³/mol. The fraction of sp³-hybridized carbons (Fsp3) is 0.522. The molecule has 1 saturated heterocycles. The van der Waals surface area contributed by atoms with Crippen LogP contribution in [0.25, 0.3) is 11.3 Å². The van der Waals surface area contributed by atoms with Gasteiger partial charge in [-0.25, -0.2) is 9.78 Å². The van der Waals surface area contributed by atoms with Crippen LogP contribution >= 0.6 is 0 Å². The van der Waals surface area contributed by atoms with Crippen LogP contribution in [-0.4, -0.2) is 55.0 Å². The van der Waals surface area contributed by atoms with E-state index in [1.165, 1.54) is 0 Å². The van der Waals surface area contributed by atoms with Crippen LogP contribution in [0, 0.1) is 6.92 Å². The number of hydrogen-bond acceptors (Lipinski definition) is 8. The molecule has 11 heteroatoms. The van der Waals surface area contributed by atoms with Crippen molar-refractivity contribution in [3.63, 3.8) is 0 Å². The standard InChI is InChI=1S/C23H30N8O3/c1-13(2)26-22(32)30-7-5-23(12-30)6-8-31-19(23)10-17(29-31)16-9-18(20(24)25-11-16)33-14(3)21-28-27-15(4)34-21/h9-11,13-14H,5-8,12H2,1-4H3,(H2,24,25)(H,26,32)/t14?,23-/m1/s1. The zero-order chi connectivity index (χ0) is 24.0. The lowest BCUT2D eigenvalue weighted by molar-refractivity contribution is 0.187. The van der Waals surface area contributed by atoms with E-state index in [4.69, 9.17) is 20.0 Å². The lowest BCUT2D eigenvalue weighted by Crippen LogP contribution is -2.43. The summed E-state index contributed by atoms with van der Waals surface area (Å²) in [5.74, 6) is 1.55. The number of aromatic nitrogens is 5. The third kappa shape index (κ3) is 3.95. The second-order valence-electron chi connectivity index (χ2n) is 9.47. The lowest BCUT2D eigenvalue weighted by atomic mass is 9.82. The van der Waals surface area contributed by atoms with Crippen molar-refractivity contribution < 1.29 is 13.9 Å². The molecule has 2 aliphatic rings. The Labute approximate surface area is 197 Å². The first-order chi connectivity index (χ1) is 16.2. The number of fused-ring (bicyclic) bond motifs is 2. The molecule has 11 nitrogen and oxygen atoms in total. The third-order valence-electron chi connectivity index (χ3n) is 6.55. The Morgan fingerprint density at radius 2 is 2.03 bits per heavy atom. The highest BCUT2D eigenvalue weighted by molar-refractivity contribution is 5.75. The Bertz CT molecular complexity index is 1220. The van der Waals surface area contributed by atoms with Gasteiger partial charge in [-0.15, -0.1) is 10.2 Å². The van der Waals surface area contributed by atoms with Crippen LogP contribution in [-0.2, 0) is 12.0 Å². The molecule has 0 bridgehead atoms. The number of amides is 2. The van der Waals surface area contributed by atoms with E-state index in [0.29, 0.717) is 24.1 Å². The first-order valence-electron chi connectivity index (χ1n) is 11.6. The first-order valence-corrected chi connectivity index (χ1v) is 11.6. The van der Waals surface area contributed by atoms with E-state index < -0.39 is 6.10 Å². The van der Waals surface area contributed by atoms with Gasteiger partial charge in [0.05, 0.1) is 5.69 Å². The molecule has 34 heavy (non-hydrogen) atoms. The fourth-order valence-corrected chi connectivity index (χ4v) is 4.81. The van der Waals surface area contributed by atoms with Crippen LogP contribution in [0.3, 0.4) is 0 Å². The van der Waals surface area contributed by atoms with Gasteiger partial charge in [-0.3, -0.25) is 4.68 Å². The van der Waals surface area contributed by atoms with E-state index in [-0.39, 0.29) is 23.3 Å². The van der Waals surface area contributed by atoms with Crippen LogP contribution in [0.1, 0.15) is 57.2 Å². The normalized spacial score (nSPS) is 20.2. The number of aryl methyl sites for hydroxylation is 2. The summed E-state index contributed by atoms with van der Waals surface area (Å²) in [4.78, 5) is 18.8. The molecule has 180 valence electrons. The number of nitrogens with one attached hydrogen (secondary N) is 1. The van der Waals surface area contributed by atoms with Gasteiger partial charge in [0.15, 0.2) is 17.7 Å². The predicted octanol–water partition coefficient (Wildman–Crippen LogP) is 2.82. The summed E-state index contributed by atoms with van der Waals surface area (Å²) in [6.07, 6.45) is 3.14. The molecule has 3 N–H and O–H groups in total. The molecule has 3 aromatic rings. The number of carbonyl (C=O) groups is 1. The molecule has 1 unspecified atom stereocenters. The van der Waals surface area contributed by atoms with Crippen molar-refractivity contribution in [2.45, 2.75) is 64.6 Å². The van der Waals surface area contributed by atoms with Gasteiger partial charge in [-0.2, -0.15) is 5.10 Å². The van der Waals surface area contributed by atoms with Crippen LogP contribution in [0.4, 0.5) is 10.6 Å². The maximum Gasteiger partial charge on any atom is 0.317 e. The summed E-state index contributed by atoms with van der Waals surface area (Å²) in [5.41, 5.74) is 8.78. The SMILES string of the molecule is Cc1nnc(C(C)Oc2cc(-c3cc4n(n3)CC[C@@]43CCN(C(=O)NC(C)C)C3)cnc2N)o1. The number of nitrogens with two attached hydrogens (primary N) is 1. The van der Waals surface area contributed by atoms with E-state index in [1.54, 1.807) is 13.1 Å². The van der Waals surface area contributed by atoms with Gasteiger partial charge in [0.1, 0.15) is 0 Å². The van der Waals surface area contributed by atoms with Crippen LogP contribution in [0.15, 0.2) is 22.7 Å². The Hall–Kier alpha value is -3.63. The van der Waals surface area contributed by atoms with E-state index in [2.05, 4.69) is 31.2 Å². The topological polar surface area (TPSA) is 137 Å². The smallest absolute Gasteiger partial charge is 0.317 e. The molecule has 0 saturated carbocycles. The van der Waals surface area contributed by atoms with Gasteiger partial charge in [0.25, 0.3) is 5.89 Å². The number of rotatable bonds is 5. The van der Waals surface area contributed by atoms with Gasteiger partial charge in [-0.05, 0) is 45.7 Å². The Morgan fingerprint density at radius 1 is 1.24 bits per heavy atom. The maximum atomic E-state index is 12.5. The summed E-state index contributed by atoms with van der Waals surface area (Å²) < 4.78 is 13.5. The highest BCUT2D eigenvalue weighted by Crippen LogP contribution is 2.44. The Morgan fingerprint density at radius 3 is 2.76 bits per heavy atom. The maximum absolute atomic E-state index is 12.5. The average Bonchev–Trinajstić information content (AvgIpc) is 3.55. The Kier molecular flexibility index (Phi) is 5.41. The number of carbonyl (C=O) groups excluding carboxylic acids is 1. The van der Waals surface area contributed by atoms with E-state index >= 15 is 0 Å². The van der Waals surface area contributed by atoms with Crippen molar-refractivity contribution in [2.24, 2.45) is 0 Å². The average molecular weight is 467 g/mol. The number of anilines is 1. The van der Waals surface area contributed by atoms with Gasteiger partial charge < -0.3 is 25.1 Å². The molecule has 2 atom stereocenters. The third-order valence-corrected chi connectivity index (χ3v) is 6.55. The number of ether oxygens (including phenoxy) is 1. The van der Waals surface area contributed by atoms with Gasteiger partial charge >= 0.3 is 6.03 Å². The molecule has 2 amide bonds. The van der Waals surface area contributed by atoms with Crippen molar-refractivity contribution in [2.75, 3.05) is 18.8 Å². The molecule has 5 heterocycles. The van der Waals surface area contributed by atoms with E-state index in [9.17, 15) is 4.79 Å². The summed E-state index contributed by atoms with van der Waals surface area (Å²) in [6.45, 7) is 9.76. The number of nitrogen functional groups attached to an aromatic ring is 1. The zero-order valence-electron chi connectivity index (χ0n) is 19.9. The van der Waals surface area contributed by atoms with Crippen molar-refractivity contribution in [3.8, 4) is 17.0 Å². The molecule has 5 rings (SSSR count). The van der Waals surface area contributed by atoms with Gasteiger partial charge in [-0.1, -0.05) is 0 Å². The van der Waals surface area contributed by atoms with E-state index in [0.717, 1.165) is 42.9 Å². The minimum Gasteiger partial charge on any atom is -0.477 e. The van der Waals surface area contributed by atoms with Gasteiger partial charge in [0.2, 0.25) is 5.89 Å². The minimum absolute atomic E-state index is 0.000138. The molecular formula is C23H30N8O3. The highest BCUT2D eigenvalue weighted by Gasteiger charge is 2.47. The molecular weight excluding hydrogens is 436 g/mol. The van der Waals surface area contributed by atoms with Gasteiger partial charge in [0, 0.05) is 55.5 Å². The first kappa shape index (κ1) is 22.2. The number of hydrogen-bond donors (Lipinski definition) is 2. The fourth-order valence-electron chi connectivity index (χ4n) is 4.81. The summed E-state index contributed by atoms with van der Waals surface area (Å²) >= 11 is 0. The molecule has 0 radical (unpaired) electrons. The minimum atomic E-state index is -0.475. The van der Waals surface area contributed by atoms with Crippen LogP contribution < -0.4 is 15.8 Å². The van der Waals surface area contributed by atoms with Crippen LogP contribution in [0.5, 0.6) is 5.75 Å². The summed E-state index contributed by atoms with van der Waals surface area (Å²) in [7, 11) is 0. The number of pyridine rings is 1. The van der Waals surface area contributed by atoms with Crippen molar-refractivity contribution in [1.82, 2.24) is 35.2 Å². The molecule has 1 spiro atoms. The number of likely N-dealkylation sites (tertiary alicyclic amines) is 1. The van der Waals surface area contributed by atoms with Crippen molar-refractivity contribution >= 4 is 11.8 Å². The highest BCUT2D eigenvalue weighted by atomic mass is 16.5. The number of urea groups is 1. The van der Waals surface area contributed by atoms with Crippen LogP contribution in [0.2, 0.25) is 0 Å². The molecule has 2 aliphatic heterocycles. The summed E-state index contributed by atoms with van der Waals surface area (Å²) in [5, 5.41) is 15.7. The Balaban J connectivity index is 1.37. The monoisotopic (exact) mass is 466 g/mol. The molecule has 3 aromatic heterocycles. The molecule has 0 aromatic carbocycles. The zero-order valence-corrected chi connectivity index (χ0v) is 19.9. The van der Waals surface area contributed by atoms with E-state index in [1.807, 2.05) is 31.7 Å². The largest absolute Gasteiger partial charge is 0.477 e. The quantitative estimate of drug-likeness (QED) is 0.586. The molecule has 0 aliphatic carbocycles. The van der Waals surface area contributed by atoms with Crippen molar-refractivity contribution in [1.29, 1.82) is 0 Å². The summed E-state index contributed by atoms with van der Waals surface area (Å²) in [6, 6.07) is 4.06. The second kappa shape index (κ2) is 8.30. The number of nitrogens with zero attached hydrogens (tertiary/aromatic N) is 6.